The van der Waals surface area contributed by atoms with Crippen LogP contribution < -0.4 is 21.3 Å². The highest BCUT2D eigenvalue weighted by Gasteiger charge is 2.42. The smallest absolute Gasteiger partial charge is 0.319 e. The van der Waals surface area contributed by atoms with Crippen LogP contribution >= 0.6 is 0 Å². The zero-order valence-corrected chi connectivity index (χ0v) is 20.4. The molecule has 0 heterocycles. The number of hydrogen-bond acceptors (Lipinski definition) is 6. The van der Waals surface area contributed by atoms with Crippen molar-refractivity contribution in [3.05, 3.63) is 68.8 Å². The molecule has 0 saturated heterocycles. The first-order chi connectivity index (χ1) is 16.8. The topological polar surface area (TPSA) is 169 Å². The molecule has 1 saturated carbocycles. The van der Waals surface area contributed by atoms with Gasteiger partial charge in [-0.05, 0) is 42.2 Å². The maximum atomic E-state index is 12.6. The molecule has 4 N–H and O–H groups in total. The van der Waals surface area contributed by atoms with E-state index in [1.807, 2.05) is 6.92 Å². The van der Waals surface area contributed by atoms with Crippen LogP contribution in [0.3, 0.4) is 0 Å². The molecule has 0 spiro atoms. The third-order valence-corrected chi connectivity index (χ3v) is 6.08. The van der Waals surface area contributed by atoms with E-state index in [9.17, 15) is 29.8 Å². The number of non-ortho nitro benzene ring substituents is 2. The second-order valence-electron chi connectivity index (χ2n) is 10.3. The lowest BCUT2D eigenvalue weighted by atomic mass is 9.62. The third kappa shape index (κ3) is 7.39. The van der Waals surface area contributed by atoms with Gasteiger partial charge in [0.2, 0.25) is 0 Å². The molecule has 2 atom stereocenters. The quantitative estimate of drug-likeness (QED) is 0.308. The molecule has 2 aromatic carbocycles. The molecule has 0 radical (unpaired) electrons. The summed E-state index contributed by atoms with van der Waals surface area (Å²) in [6, 6.07) is 10.3. The van der Waals surface area contributed by atoms with Crippen molar-refractivity contribution in [3.8, 4) is 0 Å². The van der Waals surface area contributed by atoms with Crippen LogP contribution in [-0.2, 0) is 0 Å². The minimum absolute atomic E-state index is 0.116. The van der Waals surface area contributed by atoms with E-state index in [0.29, 0.717) is 24.3 Å². The zero-order chi connectivity index (χ0) is 26.5. The number of nitrogens with one attached hydrogen (secondary N) is 4. The van der Waals surface area contributed by atoms with Crippen LogP contribution in [0.1, 0.15) is 40.0 Å². The predicted octanol–water partition coefficient (Wildman–Crippen LogP) is 5.03. The molecule has 1 fully saturated rings. The number of amides is 4. The Morgan fingerprint density at radius 2 is 1.42 bits per heavy atom. The van der Waals surface area contributed by atoms with Crippen molar-refractivity contribution in [3.63, 3.8) is 0 Å². The van der Waals surface area contributed by atoms with Gasteiger partial charge in [0.25, 0.3) is 11.4 Å². The Balaban J connectivity index is 1.58. The lowest BCUT2D eigenvalue weighted by Gasteiger charge is -2.46. The lowest BCUT2D eigenvalue weighted by Crippen LogP contribution is -2.51. The fourth-order valence-electron chi connectivity index (χ4n) is 5.09. The van der Waals surface area contributed by atoms with Crippen molar-refractivity contribution in [2.75, 3.05) is 17.2 Å². The highest BCUT2D eigenvalue weighted by molar-refractivity contribution is 5.90. The van der Waals surface area contributed by atoms with Crippen molar-refractivity contribution in [1.29, 1.82) is 0 Å². The summed E-state index contributed by atoms with van der Waals surface area (Å²) in [5.74, 6) is 0. The Morgan fingerprint density at radius 1 is 0.889 bits per heavy atom. The average Bonchev–Trinajstić information content (AvgIpc) is 2.76. The van der Waals surface area contributed by atoms with Gasteiger partial charge in [0.05, 0.1) is 9.85 Å². The average molecular weight is 499 g/mol. The molecule has 0 aliphatic heterocycles. The number of hydrogen-bond donors (Lipinski definition) is 4. The first-order valence-electron chi connectivity index (χ1n) is 11.5. The Kier molecular flexibility index (Phi) is 7.76. The summed E-state index contributed by atoms with van der Waals surface area (Å²) in [4.78, 5) is 45.9. The van der Waals surface area contributed by atoms with Gasteiger partial charge in [-0.25, -0.2) is 9.59 Å². The molecule has 0 bridgehead atoms. The van der Waals surface area contributed by atoms with Gasteiger partial charge in [-0.2, -0.15) is 0 Å². The number of nitro groups is 2. The van der Waals surface area contributed by atoms with Crippen molar-refractivity contribution in [2.45, 2.75) is 46.1 Å². The van der Waals surface area contributed by atoms with Crippen molar-refractivity contribution in [2.24, 2.45) is 10.8 Å². The summed E-state index contributed by atoms with van der Waals surface area (Å²) in [6.07, 6.45) is 2.14. The fourth-order valence-corrected chi connectivity index (χ4v) is 5.09. The number of nitrogens with zero attached hydrogens (tertiary/aromatic N) is 2. The lowest BCUT2D eigenvalue weighted by molar-refractivity contribution is -0.385. The van der Waals surface area contributed by atoms with Gasteiger partial charge >= 0.3 is 12.1 Å². The first-order valence-corrected chi connectivity index (χ1v) is 11.5. The molecule has 4 amide bonds. The van der Waals surface area contributed by atoms with Crippen molar-refractivity contribution >= 4 is 34.8 Å². The number of anilines is 2. The molecule has 3 rings (SSSR count). The highest BCUT2D eigenvalue weighted by atomic mass is 16.6. The summed E-state index contributed by atoms with van der Waals surface area (Å²) < 4.78 is 0. The number of carbonyl (C=O) groups is 2. The van der Waals surface area contributed by atoms with Gasteiger partial charge < -0.3 is 21.3 Å². The normalized spacial score (nSPS) is 20.6. The fraction of sp³-hybridized carbons (Fsp3) is 0.417. The number of urea groups is 2. The van der Waals surface area contributed by atoms with Gasteiger partial charge in [-0.15, -0.1) is 0 Å². The van der Waals surface area contributed by atoms with Crippen molar-refractivity contribution < 1.29 is 19.4 Å². The molecule has 1 aliphatic rings. The van der Waals surface area contributed by atoms with Gasteiger partial charge in [-0.1, -0.05) is 32.9 Å². The Hall–Kier alpha value is -4.22. The Morgan fingerprint density at radius 3 is 1.94 bits per heavy atom. The van der Waals surface area contributed by atoms with E-state index < -0.39 is 21.9 Å². The van der Waals surface area contributed by atoms with E-state index in [-0.39, 0.29) is 28.2 Å². The first kappa shape index (κ1) is 26.4. The zero-order valence-electron chi connectivity index (χ0n) is 20.4. The van der Waals surface area contributed by atoms with Crippen LogP contribution in [-0.4, -0.2) is 34.5 Å². The van der Waals surface area contributed by atoms with E-state index in [0.717, 1.165) is 12.8 Å². The largest absolute Gasteiger partial charge is 0.337 e. The van der Waals surface area contributed by atoms with Crippen LogP contribution in [0.2, 0.25) is 0 Å². The summed E-state index contributed by atoms with van der Waals surface area (Å²) in [6.45, 7) is 6.57. The minimum Gasteiger partial charge on any atom is -0.337 e. The van der Waals surface area contributed by atoms with E-state index >= 15 is 0 Å². The van der Waals surface area contributed by atoms with Crippen LogP contribution in [0, 0.1) is 31.1 Å². The van der Waals surface area contributed by atoms with Gasteiger partial charge in [-0.3, -0.25) is 20.2 Å². The molecular weight excluding hydrogens is 468 g/mol. The number of benzene rings is 2. The molecule has 2 aromatic rings. The molecule has 12 heteroatoms. The Labute approximate surface area is 208 Å². The number of carbonyl (C=O) groups excluding carboxylic acids is 2. The molecule has 0 unspecified atom stereocenters. The Bertz CT molecular complexity index is 1170. The SMILES string of the molecule is CC1(C)C[C@@H](NC(=O)Nc2cccc([N+](=O)[O-])c2)C[C@](C)(CNC(=O)Nc2cccc([N+](=O)[O-])c2)C1. The van der Waals surface area contributed by atoms with Crippen molar-refractivity contribution in [1.82, 2.24) is 10.6 Å². The highest BCUT2D eigenvalue weighted by Crippen LogP contribution is 2.45. The van der Waals surface area contributed by atoms with E-state index in [2.05, 4.69) is 35.1 Å². The second kappa shape index (κ2) is 10.6. The molecule has 12 nitrogen and oxygen atoms in total. The number of rotatable bonds is 7. The molecule has 192 valence electrons. The predicted molar refractivity (Wildman–Crippen MR) is 135 cm³/mol. The summed E-state index contributed by atoms with van der Waals surface area (Å²) in [5, 5.41) is 33.0. The monoisotopic (exact) mass is 498 g/mol. The summed E-state index contributed by atoms with van der Waals surface area (Å²) >= 11 is 0. The van der Waals surface area contributed by atoms with E-state index in [1.165, 1.54) is 36.4 Å². The van der Waals surface area contributed by atoms with Gasteiger partial charge in [0.1, 0.15) is 0 Å². The molecule has 36 heavy (non-hydrogen) atoms. The summed E-state index contributed by atoms with van der Waals surface area (Å²) in [7, 11) is 0. The molecule has 0 aromatic heterocycles. The molecule has 1 aliphatic carbocycles. The van der Waals surface area contributed by atoms with Crippen LogP contribution in [0.5, 0.6) is 0 Å². The number of nitro benzene ring substituents is 2. The minimum atomic E-state index is -0.531. The van der Waals surface area contributed by atoms with Crippen LogP contribution in [0.15, 0.2) is 48.5 Å². The maximum absolute atomic E-state index is 12.6. The van der Waals surface area contributed by atoms with E-state index in [1.54, 1.807) is 12.1 Å². The standard InChI is InChI=1S/C24H30N6O6/c1-23(2)12-18(28-22(32)27-17-7-5-9-20(11-17)30(35)36)13-24(3,14-23)15-25-21(31)26-16-6-4-8-19(10-16)29(33)34/h4-11,18H,12-15H2,1-3H3,(H2,25,26,31)(H2,27,28,32)/t18-,24+/m1/s1. The third-order valence-electron chi connectivity index (χ3n) is 6.08. The van der Waals surface area contributed by atoms with Crippen LogP contribution in [0.25, 0.3) is 0 Å². The van der Waals surface area contributed by atoms with Crippen LogP contribution in [0.4, 0.5) is 32.3 Å². The summed E-state index contributed by atoms with van der Waals surface area (Å²) in [5.41, 5.74) is -0.0492. The second-order valence-corrected chi connectivity index (χ2v) is 10.3. The molecular formula is C24H30N6O6. The van der Waals surface area contributed by atoms with Gasteiger partial charge in [0.15, 0.2) is 0 Å². The maximum Gasteiger partial charge on any atom is 0.319 e. The van der Waals surface area contributed by atoms with Gasteiger partial charge in [0, 0.05) is 48.2 Å². The van der Waals surface area contributed by atoms with E-state index in [4.69, 9.17) is 0 Å².